The van der Waals surface area contributed by atoms with Gasteiger partial charge in [-0.2, -0.15) is 0 Å². The second-order valence-corrected chi connectivity index (χ2v) is 8.82. The van der Waals surface area contributed by atoms with Gasteiger partial charge in [0.15, 0.2) is 12.4 Å². The Labute approximate surface area is 190 Å². The van der Waals surface area contributed by atoms with Crippen molar-refractivity contribution in [3.63, 3.8) is 0 Å². The van der Waals surface area contributed by atoms with E-state index in [1.54, 1.807) is 0 Å². The molecule has 0 fully saturated rings. The molecule has 0 saturated heterocycles. The Kier molecular flexibility index (Phi) is 11.0. The molecule has 2 heteroatoms. The first-order chi connectivity index (χ1) is 15.0. The van der Waals surface area contributed by atoms with Crippen LogP contribution in [-0.2, 0) is 19.4 Å². The Hall–Kier alpha value is -2.48. The van der Waals surface area contributed by atoms with Crippen LogP contribution in [0.25, 0.3) is 0 Å². The van der Waals surface area contributed by atoms with Gasteiger partial charge in [0.05, 0.1) is 0 Å². The molecular weight excluding hydrogens is 376 g/mol. The molecule has 0 radical (unpaired) electrons. The van der Waals surface area contributed by atoms with Gasteiger partial charge in [0.1, 0.15) is 6.54 Å². The third-order valence-corrected chi connectivity index (χ3v) is 5.56. The molecule has 0 bridgehead atoms. The van der Waals surface area contributed by atoms with E-state index in [1.807, 2.05) is 6.21 Å². The summed E-state index contributed by atoms with van der Waals surface area (Å²) in [6.07, 6.45) is 17.9. The van der Waals surface area contributed by atoms with Crippen LogP contribution in [0.5, 0.6) is 0 Å². The highest BCUT2D eigenvalue weighted by Crippen LogP contribution is 2.11. The highest BCUT2D eigenvalue weighted by molar-refractivity contribution is 5.78. The summed E-state index contributed by atoms with van der Waals surface area (Å²) in [5.41, 5.74) is 8.09. The lowest BCUT2D eigenvalue weighted by Gasteiger charge is -2.04. The standard InChI is InChI=1S/C29H41N2/c1-6-24(2)19-25(3)21-30-17-9-7-11-28-13-15-29(16-14-28)12-8-10-18-31-22-26(4)20-27(5)23-31/h6,13-16,19-23H,7-12,17-18H2,1-5H3/q+1/b24-6-,25-19-,30-21+. The van der Waals surface area contributed by atoms with Crippen LogP contribution in [-0.4, -0.2) is 12.8 Å². The molecule has 0 aliphatic carbocycles. The lowest BCUT2D eigenvalue weighted by molar-refractivity contribution is -0.698. The minimum atomic E-state index is 0.913. The third-order valence-electron chi connectivity index (χ3n) is 5.56. The molecule has 0 aliphatic heterocycles. The SMILES string of the molecule is C\C=C(C)/C=C(C)\C=N\CCCCc1ccc(CCCC[n+]2cc(C)cc(C)c2)cc1. The number of allylic oxidation sites excluding steroid dienone is 4. The summed E-state index contributed by atoms with van der Waals surface area (Å²) in [5, 5.41) is 0. The van der Waals surface area contributed by atoms with Gasteiger partial charge < -0.3 is 0 Å². The molecule has 1 aromatic heterocycles. The van der Waals surface area contributed by atoms with E-state index in [-0.39, 0.29) is 0 Å². The number of benzene rings is 1. The predicted octanol–water partition coefficient (Wildman–Crippen LogP) is 6.92. The predicted molar refractivity (Wildman–Crippen MR) is 135 cm³/mol. The molecule has 1 heterocycles. The fourth-order valence-electron chi connectivity index (χ4n) is 3.84. The summed E-state index contributed by atoms with van der Waals surface area (Å²) in [6, 6.07) is 11.5. The van der Waals surface area contributed by atoms with Crippen molar-refractivity contribution >= 4 is 6.21 Å². The third kappa shape index (κ3) is 10.4. The van der Waals surface area contributed by atoms with Gasteiger partial charge in [0.2, 0.25) is 0 Å². The molecule has 2 nitrogen and oxygen atoms in total. The van der Waals surface area contributed by atoms with Gasteiger partial charge in [-0.3, -0.25) is 4.99 Å². The second-order valence-electron chi connectivity index (χ2n) is 8.82. The Morgan fingerprint density at radius 1 is 0.839 bits per heavy atom. The van der Waals surface area contributed by atoms with Crippen molar-refractivity contribution in [2.75, 3.05) is 6.54 Å². The molecule has 1 aromatic carbocycles. The molecule has 2 rings (SSSR count). The van der Waals surface area contributed by atoms with Crippen molar-refractivity contribution in [3.05, 3.63) is 88.3 Å². The van der Waals surface area contributed by atoms with Crippen LogP contribution in [0.2, 0.25) is 0 Å². The van der Waals surface area contributed by atoms with Crippen LogP contribution < -0.4 is 4.57 Å². The summed E-state index contributed by atoms with van der Waals surface area (Å²) in [5.74, 6) is 0. The zero-order chi connectivity index (χ0) is 22.5. The van der Waals surface area contributed by atoms with E-state index >= 15 is 0 Å². The molecule has 0 unspecified atom stereocenters. The van der Waals surface area contributed by atoms with Crippen LogP contribution in [0.1, 0.15) is 68.7 Å². The van der Waals surface area contributed by atoms with Crippen molar-refractivity contribution in [1.29, 1.82) is 0 Å². The van der Waals surface area contributed by atoms with Gasteiger partial charge in [-0.1, -0.05) is 42.0 Å². The van der Waals surface area contributed by atoms with Crippen LogP contribution in [0.15, 0.2) is 71.0 Å². The lowest BCUT2D eigenvalue weighted by Crippen LogP contribution is -2.33. The number of nitrogens with zero attached hydrogens (tertiary/aromatic N) is 2. The molecule has 0 atom stereocenters. The number of pyridine rings is 1. The number of hydrogen-bond acceptors (Lipinski definition) is 1. The number of unbranched alkanes of at least 4 members (excludes halogenated alkanes) is 2. The van der Waals surface area contributed by atoms with E-state index in [1.165, 1.54) is 59.1 Å². The van der Waals surface area contributed by atoms with Gasteiger partial charge in [-0.15, -0.1) is 0 Å². The van der Waals surface area contributed by atoms with E-state index < -0.39 is 0 Å². The smallest absolute Gasteiger partial charge is 0.171 e. The van der Waals surface area contributed by atoms with Gasteiger partial charge >= 0.3 is 0 Å². The van der Waals surface area contributed by atoms with Gasteiger partial charge in [0, 0.05) is 30.3 Å². The molecular formula is C29H41N2+. The molecule has 0 N–H and O–H groups in total. The van der Waals surface area contributed by atoms with E-state index in [9.17, 15) is 0 Å². The van der Waals surface area contributed by atoms with E-state index in [2.05, 4.69) is 99.1 Å². The summed E-state index contributed by atoms with van der Waals surface area (Å²) < 4.78 is 2.33. The number of aryl methyl sites for hydroxylation is 5. The fraction of sp³-hybridized carbons (Fsp3) is 0.448. The maximum Gasteiger partial charge on any atom is 0.171 e. The van der Waals surface area contributed by atoms with E-state index in [0.29, 0.717) is 0 Å². The summed E-state index contributed by atoms with van der Waals surface area (Å²) in [7, 11) is 0. The van der Waals surface area contributed by atoms with Crippen molar-refractivity contribution < 1.29 is 4.57 Å². The first-order valence-corrected chi connectivity index (χ1v) is 11.8. The molecule has 0 amide bonds. The second kappa shape index (κ2) is 13.7. The zero-order valence-electron chi connectivity index (χ0n) is 20.3. The quantitative estimate of drug-likeness (QED) is 0.154. The Morgan fingerprint density at radius 2 is 1.42 bits per heavy atom. The van der Waals surface area contributed by atoms with Crippen LogP contribution in [0.3, 0.4) is 0 Å². The summed E-state index contributed by atoms with van der Waals surface area (Å²) in [4.78, 5) is 4.55. The molecule has 31 heavy (non-hydrogen) atoms. The number of aliphatic imine (C=N–C) groups is 1. The Bertz CT molecular complexity index is 865. The Morgan fingerprint density at radius 3 is 2.00 bits per heavy atom. The van der Waals surface area contributed by atoms with Crippen molar-refractivity contribution in [2.24, 2.45) is 4.99 Å². The van der Waals surface area contributed by atoms with Crippen molar-refractivity contribution in [2.45, 2.75) is 79.7 Å². The van der Waals surface area contributed by atoms with Crippen LogP contribution in [0.4, 0.5) is 0 Å². The molecule has 0 aliphatic rings. The van der Waals surface area contributed by atoms with Crippen LogP contribution >= 0.6 is 0 Å². The maximum absolute atomic E-state index is 4.55. The fourth-order valence-corrected chi connectivity index (χ4v) is 3.84. The minimum Gasteiger partial charge on any atom is -0.293 e. The monoisotopic (exact) mass is 417 g/mol. The van der Waals surface area contributed by atoms with E-state index in [0.717, 1.165) is 25.9 Å². The normalized spacial score (nSPS) is 12.7. The molecule has 2 aromatic rings. The van der Waals surface area contributed by atoms with Gasteiger partial charge in [-0.25, -0.2) is 4.57 Å². The van der Waals surface area contributed by atoms with Crippen LogP contribution in [0, 0.1) is 13.8 Å². The lowest BCUT2D eigenvalue weighted by atomic mass is 10.0. The van der Waals surface area contributed by atoms with Gasteiger partial charge in [0.25, 0.3) is 0 Å². The first-order valence-electron chi connectivity index (χ1n) is 11.8. The highest BCUT2D eigenvalue weighted by atomic mass is 14.9. The molecule has 166 valence electrons. The van der Waals surface area contributed by atoms with Crippen molar-refractivity contribution in [1.82, 2.24) is 0 Å². The number of aromatic nitrogens is 1. The number of rotatable bonds is 12. The van der Waals surface area contributed by atoms with E-state index in [4.69, 9.17) is 0 Å². The maximum atomic E-state index is 4.55. The summed E-state index contributed by atoms with van der Waals surface area (Å²) >= 11 is 0. The zero-order valence-corrected chi connectivity index (χ0v) is 20.3. The molecule has 0 saturated carbocycles. The summed E-state index contributed by atoms with van der Waals surface area (Å²) in [6.45, 7) is 12.7. The van der Waals surface area contributed by atoms with Crippen molar-refractivity contribution in [3.8, 4) is 0 Å². The van der Waals surface area contributed by atoms with Gasteiger partial charge in [-0.05, 0) is 89.5 Å². The number of hydrogen-bond donors (Lipinski definition) is 0. The molecule has 0 spiro atoms. The first kappa shape index (κ1) is 24.8. The average Bonchev–Trinajstić information content (AvgIpc) is 2.74. The minimum absolute atomic E-state index is 0.913. The topological polar surface area (TPSA) is 16.2 Å². The Balaban J connectivity index is 1.62. The highest BCUT2D eigenvalue weighted by Gasteiger charge is 2.03. The largest absolute Gasteiger partial charge is 0.293 e. The average molecular weight is 418 g/mol.